The van der Waals surface area contributed by atoms with E-state index in [-0.39, 0.29) is 5.91 Å². The minimum Gasteiger partial charge on any atom is -0.438 e. The van der Waals surface area contributed by atoms with Gasteiger partial charge in [0.25, 0.3) is 5.91 Å². The minimum atomic E-state index is -0.148. The number of amides is 1. The summed E-state index contributed by atoms with van der Waals surface area (Å²) >= 11 is 6.06. The summed E-state index contributed by atoms with van der Waals surface area (Å²) in [6.07, 6.45) is 1.58. The van der Waals surface area contributed by atoms with Gasteiger partial charge in [-0.25, -0.2) is 4.98 Å². The maximum Gasteiger partial charge on any atom is 0.256 e. The van der Waals surface area contributed by atoms with E-state index in [4.69, 9.17) is 16.3 Å². The Morgan fingerprint density at radius 2 is 1.59 bits per heavy atom. The van der Waals surface area contributed by atoms with Crippen LogP contribution in [0.2, 0.25) is 5.02 Å². The molecule has 1 N–H and O–H groups in total. The van der Waals surface area contributed by atoms with Gasteiger partial charge in [-0.05, 0) is 68.1 Å². The molecule has 3 aromatic rings. The van der Waals surface area contributed by atoms with Crippen molar-refractivity contribution in [3.63, 3.8) is 0 Å². The summed E-state index contributed by atoms with van der Waals surface area (Å²) in [7, 11) is 0. The highest BCUT2D eigenvalue weighted by Gasteiger charge is 2.13. The first-order valence-corrected chi connectivity index (χ1v) is 9.01. The molecule has 0 bridgehead atoms. The number of halogens is 1. The van der Waals surface area contributed by atoms with Gasteiger partial charge in [0.2, 0.25) is 5.88 Å². The van der Waals surface area contributed by atoms with Gasteiger partial charge >= 0.3 is 0 Å². The van der Waals surface area contributed by atoms with E-state index in [0.29, 0.717) is 22.2 Å². The summed E-state index contributed by atoms with van der Waals surface area (Å²) in [5.74, 6) is 1.04. The summed E-state index contributed by atoms with van der Waals surface area (Å²) in [5, 5.41) is 3.56. The molecule has 0 atom stereocenters. The molecule has 3 rings (SSSR count). The average Bonchev–Trinajstić information content (AvgIpc) is 2.59. The lowest BCUT2D eigenvalue weighted by atomic mass is 10.0. The van der Waals surface area contributed by atoms with Gasteiger partial charge in [-0.2, -0.15) is 0 Å². The van der Waals surface area contributed by atoms with Crippen molar-refractivity contribution in [3.05, 3.63) is 81.5 Å². The number of anilines is 1. The van der Waals surface area contributed by atoms with Crippen LogP contribution in [0, 0.1) is 27.7 Å². The molecule has 0 aliphatic carbocycles. The fourth-order valence-corrected chi connectivity index (χ4v) is 3.37. The number of carbonyl (C=O) groups is 1. The van der Waals surface area contributed by atoms with Gasteiger partial charge in [-0.3, -0.25) is 4.79 Å². The molecule has 2 aromatic carbocycles. The standard InChI is InChI=1S/C22H21ClN2O2/c1-13-6-5-7-14(2)20(13)22(26)25-18-8-9-19(24-12-18)27-21-15(3)10-17(23)11-16(21)4/h5-12H,1-4H3,(H,25,26). The zero-order chi connectivity index (χ0) is 19.6. The first-order chi connectivity index (χ1) is 12.8. The van der Waals surface area contributed by atoms with E-state index >= 15 is 0 Å². The number of hydrogen-bond donors (Lipinski definition) is 1. The molecule has 0 unspecified atom stereocenters. The number of carbonyl (C=O) groups excluding carboxylic acids is 1. The van der Waals surface area contributed by atoms with Crippen LogP contribution >= 0.6 is 11.6 Å². The van der Waals surface area contributed by atoms with Gasteiger partial charge in [0.15, 0.2) is 0 Å². The largest absolute Gasteiger partial charge is 0.438 e. The van der Waals surface area contributed by atoms with Crippen LogP contribution in [0.15, 0.2) is 48.7 Å². The van der Waals surface area contributed by atoms with Crippen molar-refractivity contribution in [1.29, 1.82) is 0 Å². The molecular formula is C22H21ClN2O2. The predicted molar refractivity (Wildman–Crippen MR) is 109 cm³/mol. The van der Waals surface area contributed by atoms with Gasteiger partial charge < -0.3 is 10.1 Å². The number of nitrogens with zero attached hydrogens (tertiary/aromatic N) is 1. The number of rotatable bonds is 4. The molecule has 0 saturated heterocycles. The van der Waals surface area contributed by atoms with Crippen molar-refractivity contribution in [1.82, 2.24) is 4.98 Å². The summed E-state index contributed by atoms with van der Waals surface area (Å²) in [4.78, 5) is 16.9. The number of hydrogen-bond acceptors (Lipinski definition) is 3. The maximum atomic E-state index is 12.6. The highest BCUT2D eigenvalue weighted by atomic mass is 35.5. The number of nitrogens with one attached hydrogen (secondary N) is 1. The summed E-state index contributed by atoms with van der Waals surface area (Å²) < 4.78 is 5.90. The fraction of sp³-hybridized carbons (Fsp3) is 0.182. The maximum absolute atomic E-state index is 12.6. The lowest BCUT2D eigenvalue weighted by molar-refractivity contribution is 0.102. The molecule has 138 valence electrons. The van der Waals surface area contributed by atoms with Gasteiger partial charge in [0, 0.05) is 16.7 Å². The summed E-state index contributed by atoms with van der Waals surface area (Å²) in [6, 6.07) is 13.0. The van der Waals surface area contributed by atoms with Crippen LogP contribution in [0.25, 0.3) is 0 Å². The lowest BCUT2D eigenvalue weighted by Crippen LogP contribution is -2.15. The van der Waals surface area contributed by atoms with Gasteiger partial charge in [-0.15, -0.1) is 0 Å². The molecule has 0 fully saturated rings. The van der Waals surface area contributed by atoms with Crippen LogP contribution < -0.4 is 10.1 Å². The third-order valence-corrected chi connectivity index (χ3v) is 4.55. The van der Waals surface area contributed by atoms with Gasteiger partial charge in [0.05, 0.1) is 11.9 Å². The average molecular weight is 381 g/mol. The van der Waals surface area contributed by atoms with Crippen LogP contribution in [0.1, 0.15) is 32.6 Å². The third-order valence-electron chi connectivity index (χ3n) is 4.33. The van der Waals surface area contributed by atoms with Crippen LogP contribution in [-0.2, 0) is 0 Å². The van der Waals surface area contributed by atoms with Crippen LogP contribution in [0.4, 0.5) is 5.69 Å². The normalized spacial score (nSPS) is 10.6. The first-order valence-electron chi connectivity index (χ1n) is 8.63. The Kier molecular flexibility index (Phi) is 5.47. The lowest BCUT2D eigenvalue weighted by Gasteiger charge is -2.13. The SMILES string of the molecule is Cc1cc(Cl)cc(C)c1Oc1ccc(NC(=O)c2c(C)cccc2C)cn1. The fourth-order valence-electron chi connectivity index (χ4n) is 3.04. The molecule has 0 aliphatic rings. The van der Waals surface area contributed by atoms with Crippen LogP contribution in [-0.4, -0.2) is 10.9 Å². The zero-order valence-corrected chi connectivity index (χ0v) is 16.5. The second-order valence-corrected chi connectivity index (χ2v) is 7.01. The van der Waals surface area contributed by atoms with E-state index in [1.807, 2.05) is 58.0 Å². The number of pyridine rings is 1. The Bertz CT molecular complexity index is 954. The Hall–Kier alpha value is -2.85. The molecule has 1 aromatic heterocycles. The molecule has 5 heteroatoms. The molecule has 0 saturated carbocycles. The monoisotopic (exact) mass is 380 g/mol. The number of aryl methyl sites for hydroxylation is 4. The van der Waals surface area contributed by atoms with E-state index in [2.05, 4.69) is 10.3 Å². The number of ether oxygens (including phenoxy) is 1. The Morgan fingerprint density at radius 3 is 2.15 bits per heavy atom. The Morgan fingerprint density at radius 1 is 0.963 bits per heavy atom. The highest BCUT2D eigenvalue weighted by molar-refractivity contribution is 6.30. The van der Waals surface area contributed by atoms with Crippen LogP contribution in [0.5, 0.6) is 11.6 Å². The molecule has 0 radical (unpaired) electrons. The van der Waals surface area contributed by atoms with Gasteiger partial charge in [0.1, 0.15) is 5.75 Å². The molecule has 0 aliphatic heterocycles. The number of aromatic nitrogens is 1. The number of benzene rings is 2. The van der Waals surface area contributed by atoms with E-state index in [0.717, 1.165) is 28.0 Å². The van der Waals surface area contributed by atoms with Crippen LogP contribution in [0.3, 0.4) is 0 Å². The molecule has 1 heterocycles. The summed E-state index contributed by atoms with van der Waals surface area (Å²) in [6.45, 7) is 7.72. The predicted octanol–water partition coefficient (Wildman–Crippen LogP) is 6.01. The van der Waals surface area contributed by atoms with E-state index in [1.165, 1.54) is 0 Å². The molecule has 4 nitrogen and oxygen atoms in total. The first kappa shape index (κ1) is 18.9. The smallest absolute Gasteiger partial charge is 0.256 e. The van der Waals surface area contributed by atoms with Crippen molar-refractivity contribution in [2.75, 3.05) is 5.32 Å². The van der Waals surface area contributed by atoms with E-state index in [1.54, 1.807) is 18.3 Å². The zero-order valence-electron chi connectivity index (χ0n) is 15.8. The Labute approximate surface area is 164 Å². The molecule has 27 heavy (non-hydrogen) atoms. The van der Waals surface area contributed by atoms with Crippen molar-refractivity contribution in [3.8, 4) is 11.6 Å². The van der Waals surface area contributed by atoms with Crippen molar-refractivity contribution >= 4 is 23.2 Å². The minimum absolute atomic E-state index is 0.148. The molecular weight excluding hydrogens is 360 g/mol. The molecule has 1 amide bonds. The van der Waals surface area contributed by atoms with Crippen molar-refractivity contribution in [2.45, 2.75) is 27.7 Å². The second kappa shape index (κ2) is 7.80. The third kappa shape index (κ3) is 4.29. The van der Waals surface area contributed by atoms with Crippen molar-refractivity contribution < 1.29 is 9.53 Å². The quantitative estimate of drug-likeness (QED) is 0.602. The van der Waals surface area contributed by atoms with Gasteiger partial charge in [-0.1, -0.05) is 29.8 Å². The molecule has 0 spiro atoms. The highest BCUT2D eigenvalue weighted by Crippen LogP contribution is 2.30. The second-order valence-electron chi connectivity index (χ2n) is 6.58. The van der Waals surface area contributed by atoms with E-state index in [9.17, 15) is 4.79 Å². The van der Waals surface area contributed by atoms with E-state index < -0.39 is 0 Å². The van der Waals surface area contributed by atoms with Crippen molar-refractivity contribution in [2.24, 2.45) is 0 Å². The summed E-state index contributed by atoms with van der Waals surface area (Å²) in [5.41, 5.74) is 5.05. The topological polar surface area (TPSA) is 51.2 Å². The Balaban J connectivity index is 1.75.